The van der Waals surface area contributed by atoms with E-state index in [4.69, 9.17) is 4.74 Å². The van der Waals surface area contributed by atoms with Crippen LogP contribution in [0.5, 0.6) is 0 Å². The topological polar surface area (TPSA) is 68.2 Å². The van der Waals surface area contributed by atoms with E-state index in [-0.39, 0.29) is 12.0 Å². The van der Waals surface area contributed by atoms with Crippen LogP contribution in [0.4, 0.5) is 0 Å². The van der Waals surface area contributed by atoms with Crippen LogP contribution in [0.25, 0.3) is 0 Å². The molecule has 18 heavy (non-hydrogen) atoms. The summed E-state index contributed by atoms with van der Waals surface area (Å²) in [4.78, 5) is 11.9. The molecule has 2 rings (SSSR count). The lowest BCUT2D eigenvalue weighted by molar-refractivity contribution is -0.134. The molecule has 2 heterocycles. The van der Waals surface area contributed by atoms with Crippen molar-refractivity contribution in [3.8, 4) is 0 Å². The Balaban J connectivity index is 1.92. The second-order valence-corrected chi connectivity index (χ2v) is 4.55. The van der Waals surface area contributed by atoms with E-state index in [1.54, 1.807) is 0 Å². The smallest absolute Gasteiger partial charge is 0.250 e. The third-order valence-corrected chi connectivity index (χ3v) is 3.32. The summed E-state index contributed by atoms with van der Waals surface area (Å²) in [6, 6.07) is 0. The van der Waals surface area contributed by atoms with Gasteiger partial charge in [-0.2, -0.15) is 5.10 Å². The molecule has 6 heteroatoms. The van der Waals surface area contributed by atoms with Crippen molar-refractivity contribution in [1.29, 1.82) is 0 Å². The third kappa shape index (κ3) is 2.70. The standard InChI is InChI=1S/C12H20N4O2/c1-8-10(9(2)16(3)15-8)6-14-12(17)11-7-13-4-5-18-11/h11,13H,4-7H2,1-3H3,(H,14,17). The van der Waals surface area contributed by atoms with Gasteiger partial charge in [-0.15, -0.1) is 0 Å². The molecule has 6 nitrogen and oxygen atoms in total. The first kappa shape index (κ1) is 13.0. The number of ether oxygens (including phenoxy) is 1. The highest BCUT2D eigenvalue weighted by Crippen LogP contribution is 2.11. The Hall–Kier alpha value is -1.40. The fourth-order valence-electron chi connectivity index (χ4n) is 2.10. The SMILES string of the molecule is Cc1nn(C)c(C)c1CNC(=O)C1CNCCO1. The molecule has 1 aromatic heterocycles. The van der Waals surface area contributed by atoms with E-state index in [0.717, 1.165) is 23.5 Å². The van der Waals surface area contributed by atoms with Crippen LogP contribution < -0.4 is 10.6 Å². The highest BCUT2D eigenvalue weighted by Gasteiger charge is 2.22. The molecule has 0 bridgehead atoms. The Bertz CT molecular complexity index is 436. The minimum atomic E-state index is -0.379. The first-order chi connectivity index (χ1) is 8.59. The summed E-state index contributed by atoms with van der Waals surface area (Å²) < 4.78 is 7.23. The van der Waals surface area contributed by atoms with Crippen LogP contribution in [0.3, 0.4) is 0 Å². The summed E-state index contributed by atoms with van der Waals surface area (Å²) in [6.07, 6.45) is -0.379. The molecule has 0 radical (unpaired) electrons. The van der Waals surface area contributed by atoms with Gasteiger partial charge in [-0.3, -0.25) is 9.48 Å². The lowest BCUT2D eigenvalue weighted by atomic mass is 10.2. The molecule has 100 valence electrons. The average Bonchev–Trinajstić information content (AvgIpc) is 2.62. The van der Waals surface area contributed by atoms with Crippen LogP contribution in [0.2, 0.25) is 0 Å². The number of morpholine rings is 1. The molecule has 1 aliphatic heterocycles. The van der Waals surface area contributed by atoms with Crippen molar-refractivity contribution in [3.63, 3.8) is 0 Å². The van der Waals surface area contributed by atoms with Crippen molar-refractivity contribution in [2.24, 2.45) is 7.05 Å². The largest absolute Gasteiger partial charge is 0.366 e. The fraction of sp³-hybridized carbons (Fsp3) is 0.667. The fourth-order valence-corrected chi connectivity index (χ4v) is 2.10. The molecule has 1 unspecified atom stereocenters. The first-order valence-electron chi connectivity index (χ1n) is 6.18. The molecule has 1 amide bonds. The van der Waals surface area contributed by atoms with Crippen molar-refractivity contribution in [1.82, 2.24) is 20.4 Å². The number of hydrogen-bond acceptors (Lipinski definition) is 4. The highest BCUT2D eigenvalue weighted by molar-refractivity contribution is 5.81. The van der Waals surface area contributed by atoms with Crippen LogP contribution >= 0.6 is 0 Å². The Morgan fingerprint density at radius 1 is 1.61 bits per heavy atom. The van der Waals surface area contributed by atoms with E-state index in [1.807, 2.05) is 25.6 Å². The van der Waals surface area contributed by atoms with Gasteiger partial charge < -0.3 is 15.4 Å². The molecular formula is C12H20N4O2. The van der Waals surface area contributed by atoms with Gasteiger partial charge in [0.05, 0.1) is 12.3 Å². The van der Waals surface area contributed by atoms with Gasteiger partial charge in [-0.1, -0.05) is 0 Å². The summed E-state index contributed by atoms with van der Waals surface area (Å²) >= 11 is 0. The second kappa shape index (κ2) is 5.49. The number of rotatable bonds is 3. The number of nitrogens with one attached hydrogen (secondary N) is 2. The quantitative estimate of drug-likeness (QED) is 0.771. The maximum Gasteiger partial charge on any atom is 0.250 e. The molecule has 1 saturated heterocycles. The van der Waals surface area contributed by atoms with Crippen LogP contribution in [0, 0.1) is 13.8 Å². The Morgan fingerprint density at radius 3 is 2.94 bits per heavy atom. The minimum absolute atomic E-state index is 0.0650. The van der Waals surface area contributed by atoms with Gasteiger partial charge in [0.1, 0.15) is 6.10 Å². The number of carbonyl (C=O) groups excluding carboxylic acids is 1. The molecule has 1 aromatic rings. The molecule has 0 aromatic carbocycles. The maximum absolute atomic E-state index is 11.9. The Kier molecular flexibility index (Phi) is 3.98. The Labute approximate surface area is 107 Å². The predicted molar refractivity (Wildman–Crippen MR) is 67.1 cm³/mol. The van der Waals surface area contributed by atoms with Crippen molar-refractivity contribution in [2.75, 3.05) is 19.7 Å². The summed E-state index contributed by atoms with van der Waals surface area (Å²) in [6.45, 7) is 6.43. The van der Waals surface area contributed by atoms with Gasteiger partial charge in [0.2, 0.25) is 0 Å². The van der Waals surface area contributed by atoms with Crippen LogP contribution in [0.15, 0.2) is 0 Å². The lowest BCUT2D eigenvalue weighted by Gasteiger charge is -2.22. The van der Waals surface area contributed by atoms with E-state index >= 15 is 0 Å². The number of aromatic nitrogens is 2. The number of aryl methyl sites for hydroxylation is 2. The van der Waals surface area contributed by atoms with Gasteiger partial charge in [0.25, 0.3) is 5.91 Å². The number of hydrogen-bond donors (Lipinski definition) is 2. The second-order valence-electron chi connectivity index (χ2n) is 4.55. The van der Waals surface area contributed by atoms with E-state index in [2.05, 4.69) is 15.7 Å². The normalized spacial score (nSPS) is 19.8. The van der Waals surface area contributed by atoms with Crippen LogP contribution in [-0.4, -0.2) is 41.5 Å². The van der Waals surface area contributed by atoms with E-state index in [0.29, 0.717) is 19.7 Å². The summed E-state index contributed by atoms with van der Waals surface area (Å²) in [7, 11) is 1.90. The zero-order valence-electron chi connectivity index (χ0n) is 11.1. The molecule has 2 N–H and O–H groups in total. The summed E-state index contributed by atoms with van der Waals surface area (Å²) in [5, 5.41) is 10.4. The molecule has 0 aliphatic carbocycles. The minimum Gasteiger partial charge on any atom is -0.366 e. The lowest BCUT2D eigenvalue weighted by Crippen LogP contribution is -2.47. The zero-order valence-corrected chi connectivity index (χ0v) is 11.1. The summed E-state index contributed by atoms with van der Waals surface area (Å²) in [5.74, 6) is -0.0650. The summed E-state index contributed by atoms with van der Waals surface area (Å²) in [5.41, 5.74) is 3.11. The molecule has 1 atom stereocenters. The molecule has 1 aliphatic rings. The van der Waals surface area contributed by atoms with Gasteiger partial charge in [-0.05, 0) is 13.8 Å². The molecule has 0 saturated carbocycles. The first-order valence-corrected chi connectivity index (χ1v) is 6.18. The van der Waals surface area contributed by atoms with E-state index < -0.39 is 0 Å². The van der Waals surface area contributed by atoms with Crippen molar-refractivity contribution < 1.29 is 9.53 Å². The number of amides is 1. The van der Waals surface area contributed by atoms with Gasteiger partial charge in [0.15, 0.2) is 0 Å². The third-order valence-electron chi connectivity index (χ3n) is 3.32. The van der Waals surface area contributed by atoms with Crippen LogP contribution in [-0.2, 0) is 23.1 Å². The van der Waals surface area contributed by atoms with Crippen molar-refractivity contribution in [3.05, 3.63) is 17.0 Å². The van der Waals surface area contributed by atoms with Gasteiger partial charge in [0, 0.05) is 37.9 Å². The van der Waals surface area contributed by atoms with Gasteiger partial charge >= 0.3 is 0 Å². The van der Waals surface area contributed by atoms with Crippen LogP contribution in [0.1, 0.15) is 17.0 Å². The average molecular weight is 252 g/mol. The predicted octanol–water partition coefficient (Wildman–Crippen LogP) is -0.358. The maximum atomic E-state index is 11.9. The monoisotopic (exact) mass is 252 g/mol. The van der Waals surface area contributed by atoms with Crippen molar-refractivity contribution in [2.45, 2.75) is 26.5 Å². The zero-order chi connectivity index (χ0) is 13.1. The molecular weight excluding hydrogens is 232 g/mol. The number of nitrogens with zero attached hydrogens (tertiary/aromatic N) is 2. The van der Waals surface area contributed by atoms with Gasteiger partial charge in [-0.25, -0.2) is 0 Å². The molecule has 0 spiro atoms. The highest BCUT2D eigenvalue weighted by atomic mass is 16.5. The molecule has 1 fully saturated rings. The van der Waals surface area contributed by atoms with E-state index in [9.17, 15) is 4.79 Å². The Morgan fingerprint density at radius 2 is 2.39 bits per heavy atom. The van der Waals surface area contributed by atoms with E-state index in [1.165, 1.54) is 0 Å². The number of carbonyl (C=O) groups is 1. The van der Waals surface area contributed by atoms with Crippen molar-refractivity contribution >= 4 is 5.91 Å².